The lowest BCUT2D eigenvalue weighted by Gasteiger charge is -2.11. The Morgan fingerprint density at radius 1 is 1.40 bits per heavy atom. The van der Waals surface area contributed by atoms with Crippen molar-refractivity contribution in [2.45, 2.75) is 20.3 Å². The van der Waals surface area contributed by atoms with Gasteiger partial charge in [-0.1, -0.05) is 6.92 Å². The summed E-state index contributed by atoms with van der Waals surface area (Å²) in [5.74, 6) is 0.143. The minimum atomic E-state index is -0.257. The Labute approximate surface area is 117 Å². The Morgan fingerprint density at radius 3 is 2.85 bits per heavy atom. The molecule has 2 aromatic heterocycles. The monoisotopic (exact) mass is 274 g/mol. The highest BCUT2D eigenvalue weighted by molar-refractivity contribution is 6.07. The maximum absolute atomic E-state index is 12.3. The lowest BCUT2D eigenvalue weighted by atomic mass is 10.2. The van der Waals surface area contributed by atoms with Gasteiger partial charge in [0.1, 0.15) is 6.33 Å². The molecule has 0 aliphatic carbocycles. The van der Waals surface area contributed by atoms with E-state index in [2.05, 4.69) is 32.6 Å². The van der Waals surface area contributed by atoms with Crippen molar-refractivity contribution in [2.75, 3.05) is 17.2 Å². The number of aromatic nitrogens is 4. The maximum atomic E-state index is 12.3. The molecule has 20 heavy (non-hydrogen) atoms. The van der Waals surface area contributed by atoms with Gasteiger partial charge in [-0.2, -0.15) is 10.1 Å². The highest BCUT2D eigenvalue weighted by Crippen LogP contribution is 2.17. The van der Waals surface area contributed by atoms with Crippen LogP contribution in [0.3, 0.4) is 0 Å². The van der Waals surface area contributed by atoms with Gasteiger partial charge in [0.25, 0.3) is 5.91 Å². The van der Waals surface area contributed by atoms with Gasteiger partial charge >= 0.3 is 0 Å². The summed E-state index contributed by atoms with van der Waals surface area (Å²) in [7, 11) is 1.71. The topological polar surface area (TPSA) is 84.7 Å². The molecule has 7 nitrogen and oxygen atoms in total. The smallest absolute Gasteiger partial charge is 0.261 e. The van der Waals surface area contributed by atoms with Crippen LogP contribution in [0, 0.1) is 6.92 Å². The fraction of sp³-hybridized carbons (Fsp3) is 0.385. The zero-order valence-corrected chi connectivity index (χ0v) is 11.8. The van der Waals surface area contributed by atoms with Crippen LogP contribution in [0.1, 0.15) is 29.4 Å². The van der Waals surface area contributed by atoms with E-state index in [9.17, 15) is 4.79 Å². The largest absolute Gasteiger partial charge is 0.384 e. The average Bonchev–Trinajstić information content (AvgIpc) is 2.82. The molecule has 1 amide bonds. The number of aryl methyl sites for hydroxylation is 2. The molecule has 0 fully saturated rings. The lowest BCUT2D eigenvalue weighted by molar-refractivity contribution is 0.102. The third kappa shape index (κ3) is 3.11. The van der Waals surface area contributed by atoms with Gasteiger partial charge in [0, 0.05) is 25.5 Å². The van der Waals surface area contributed by atoms with Gasteiger partial charge < -0.3 is 5.32 Å². The molecule has 0 atom stereocenters. The van der Waals surface area contributed by atoms with E-state index in [-0.39, 0.29) is 5.91 Å². The number of hydrogen-bond donors (Lipinski definition) is 2. The predicted molar refractivity (Wildman–Crippen MR) is 76.7 cm³/mol. The van der Waals surface area contributed by atoms with Crippen molar-refractivity contribution in [2.24, 2.45) is 7.05 Å². The van der Waals surface area contributed by atoms with E-state index in [0.29, 0.717) is 11.5 Å². The van der Waals surface area contributed by atoms with Crippen molar-refractivity contribution in [1.29, 1.82) is 0 Å². The van der Waals surface area contributed by atoms with Crippen LogP contribution in [0.25, 0.3) is 0 Å². The van der Waals surface area contributed by atoms with Gasteiger partial charge in [-0.25, -0.2) is 4.68 Å². The molecule has 2 aromatic rings. The van der Waals surface area contributed by atoms with E-state index in [1.807, 2.05) is 13.0 Å². The number of carbonyl (C=O) groups excluding carboxylic acids is 1. The molecule has 0 bridgehead atoms. The SMILES string of the molecule is CCCNc1cc(C)ncc1C(=O)Nc1ncnn1C. The summed E-state index contributed by atoms with van der Waals surface area (Å²) < 4.78 is 1.50. The fourth-order valence-corrected chi connectivity index (χ4v) is 1.72. The zero-order valence-electron chi connectivity index (χ0n) is 11.8. The third-order valence-electron chi connectivity index (χ3n) is 2.79. The zero-order chi connectivity index (χ0) is 14.5. The molecule has 2 N–H and O–H groups in total. The van der Waals surface area contributed by atoms with E-state index < -0.39 is 0 Å². The molecule has 0 spiro atoms. The third-order valence-corrected chi connectivity index (χ3v) is 2.79. The van der Waals surface area contributed by atoms with E-state index in [4.69, 9.17) is 0 Å². The van der Waals surface area contributed by atoms with Crippen LogP contribution in [0.15, 0.2) is 18.6 Å². The molecule has 0 aliphatic heterocycles. The van der Waals surface area contributed by atoms with Crippen LogP contribution in [-0.2, 0) is 7.05 Å². The van der Waals surface area contributed by atoms with Crippen molar-refractivity contribution >= 4 is 17.5 Å². The van der Waals surface area contributed by atoms with Gasteiger partial charge in [-0.3, -0.25) is 15.1 Å². The standard InChI is InChI=1S/C13H18N6O/c1-4-5-14-11-6-9(2)15-7-10(11)12(20)18-13-16-8-17-19(13)3/h6-8H,4-5H2,1-3H3,(H,14,15)(H,16,17,18,20). The predicted octanol–water partition coefficient (Wildman–Crippen LogP) is 1.59. The van der Waals surface area contributed by atoms with Crippen LogP contribution in [0.4, 0.5) is 11.6 Å². The molecule has 2 rings (SSSR count). The molecule has 0 aromatic carbocycles. The molecule has 106 valence electrons. The Balaban J connectivity index is 2.22. The summed E-state index contributed by atoms with van der Waals surface area (Å²) in [6.07, 6.45) is 3.93. The van der Waals surface area contributed by atoms with Gasteiger partial charge in [0.15, 0.2) is 0 Å². The Bertz CT molecular complexity index is 607. The first-order chi connectivity index (χ1) is 9.61. The second-order valence-corrected chi connectivity index (χ2v) is 4.46. The molecular formula is C13H18N6O. The number of rotatable bonds is 5. The Morgan fingerprint density at radius 2 is 2.20 bits per heavy atom. The molecule has 0 saturated heterocycles. The molecular weight excluding hydrogens is 256 g/mol. The molecule has 0 aliphatic rings. The van der Waals surface area contributed by atoms with Gasteiger partial charge in [0.2, 0.25) is 5.95 Å². The van der Waals surface area contributed by atoms with Gasteiger partial charge in [-0.05, 0) is 19.4 Å². The second kappa shape index (κ2) is 6.14. The maximum Gasteiger partial charge on any atom is 0.261 e. The first-order valence-electron chi connectivity index (χ1n) is 6.47. The Kier molecular flexibility index (Phi) is 4.29. The van der Waals surface area contributed by atoms with Crippen LogP contribution in [0.2, 0.25) is 0 Å². The molecule has 2 heterocycles. The second-order valence-electron chi connectivity index (χ2n) is 4.46. The van der Waals surface area contributed by atoms with E-state index in [1.54, 1.807) is 13.2 Å². The quantitative estimate of drug-likeness (QED) is 0.865. The minimum Gasteiger partial charge on any atom is -0.384 e. The first-order valence-corrected chi connectivity index (χ1v) is 6.47. The van der Waals surface area contributed by atoms with Crippen LogP contribution < -0.4 is 10.6 Å². The van der Waals surface area contributed by atoms with Gasteiger partial charge in [0.05, 0.1) is 11.3 Å². The van der Waals surface area contributed by atoms with E-state index >= 15 is 0 Å². The first kappa shape index (κ1) is 14.0. The number of amides is 1. The normalized spacial score (nSPS) is 10.3. The molecule has 0 unspecified atom stereocenters. The highest BCUT2D eigenvalue weighted by Gasteiger charge is 2.14. The highest BCUT2D eigenvalue weighted by atomic mass is 16.1. The summed E-state index contributed by atoms with van der Waals surface area (Å²) in [6, 6.07) is 1.86. The van der Waals surface area contributed by atoms with Crippen LogP contribution in [-0.4, -0.2) is 32.2 Å². The molecule has 7 heteroatoms. The number of carbonyl (C=O) groups is 1. The van der Waals surface area contributed by atoms with Crippen LogP contribution >= 0.6 is 0 Å². The number of nitrogens with one attached hydrogen (secondary N) is 2. The van der Waals surface area contributed by atoms with Crippen LogP contribution in [0.5, 0.6) is 0 Å². The van der Waals surface area contributed by atoms with Crippen molar-refractivity contribution in [1.82, 2.24) is 19.7 Å². The van der Waals surface area contributed by atoms with Gasteiger partial charge in [-0.15, -0.1) is 0 Å². The molecule has 0 radical (unpaired) electrons. The number of hydrogen-bond acceptors (Lipinski definition) is 5. The minimum absolute atomic E-state index is 0.257. The van der Waals surface area contributed by atoms with Crippen molar-refractivity contribution < 1.29 is 4.79 Å². The van der Waals surface area contributed by atoms with E-state index in [0.717, 1.165) is 24.3 Å². The Hall–Kier alpha value is -2.44. The number of anilines is 2. The number of nitrogens with zero attached hydrogens (tertiary/aromatic N) is 4. The summed E-state index contributed by atoms with van der Waals surface area (Å²) in [5, 5.41) is 9.86. The summed E-state index contributed by atoms with van der Waals surface area (Å²) in [5.41, 5.74) is 2.13. The summed E-state index contributed by atoms with van der Waals surface area (Å²) in [6.45, 7) is 4.76. The van der Waals surface area contributed by atoms with Crippen molar-refractivity contribution in [3.8, 4) is 0 Å². The fourth-order valence-electron chi connectivity index (χ4n) is 1.72. The van der Waals surface area contributed by atoms with E-state index in [1.165, 1.54) is 11.0 Å². The average molecular weight is 274 g/mol. The lowest BCUT2D eigenvalue weighted by Crippen LogP contribution is -2.18. The summed E-state index contributed by atoms with van der Waals surface area (Å²) >= 11 is 0. The van der Waals surface area contributed by atoms with Crippen molar-refractivity contribution in [3.05, 3.63) is 29.8 Å². The molecule has 0 saturated carbocycles. The van der Waals surface area contributed by atoms with Crippen molar-refractivity contribution in [3.63, 3.8) is 0 Å². The number of pyridine rings is 1. The summed E-state index contributed by atoms with van der Waals surface area (Å²) in [4.78, 5) is 20.4.